The summed E-state index contributed by atoms with van der Waals surface area (Å²) >= 11 is 0. The van der Waals surface area contributed by atoms with Crippen molar-refractivity contribution in [3.05, 3.63) is 23.9 Å². The average Bonchev–Trinajstić information content (AvgIpc) is 2.39. The van der Waals surface area contributed by atoms with Gasteiger partial charge in [-0.15, -0.1) is 0 Å². The molecule has 0 bridgehead atoms. The summed E-state index contributed by atoms with van der Waals surface area (Å²) in [5.74, 6) is -1.14. The predicted molar refractivity (Wildman–Crippen MR) is 70.0 cm³/mol. The molecule has 0 spiro atoms. The van der Waals surface area contributed by atoms with Gasteiger partial charge in [0.15, 0.2) is 0 Å². The Balaban J connectivity index is 2.49. The maximum absolute atomic E-state index is 11.6. The summed E-state index contributed by atoms with van der Waals surface area (Å²) in [5.41, 5.74) is 4.55. The summed E-state index contributed by atoms with van der Waals surface area (Å²) in [4.78, 5) is 28.9. The first-order valence-electron chi connectivity index (χ1n) is 6.22. The number of aromatic nitrogens is 1. The Morgan fingerprint density at radius 1 is 1.47 bits per heavy atom. The quantitative estimate of drug-likeness (QED) is 0.848. The van der Waals surface area contributed by atoms with Gasteiger partial charge in [-0.05, 0) is 38.3 Å². The van der Waals surface area contributed by atoms with E-state index in [-0.39, 0.29) is 5.56 Å². The molecular weight excluding hydrogens is 246 g/mol. The number of hydrogen-bond acceptors (Lipinski definition) is 4. The molecule has 2 heterocycles. The van der Waals surface area contributed by atoms with Crippen molar-refractivity contribution in [3.8, 4) is 0 Å². The Morgan fingerprint density at radius 3 is 2.84 bits per heavy atom. The number of aliphatic carboxylic acids is 1. The Bertz CT molecular complexity index is 518. The number of rotatable bonds is 3. The van der Waals surface area contributed by atoms with Crippen LogP contribution in [0.1, 0.15) is 36.5 Å². The highest BCUT2D eigenvalue weighted by Gasteiger charge is 2.43. The molecule has 1 aromatic heterocycles. The Hall–Kier alpha value is -2.11. The number of carbonyl (C=O) groups is 2. The van der Waals surface area contributed by atoms with E-state index >= 15 is 0 Å². The van der Waals surface area contributed by atoms with Crippen LogP contribution in [0.2, 0.25) is 0 Å². The van der Waals surface area contributed by atoms with Crippen molar-refractivity contribution in [2.45, 2.75) is 31.7 Å². The number of primary amides is 1. The zero-order valence-corrected chi connectivity index (χ0v) is 10.8. The minimum atomic E-state index is -1.04. The van der Waals surface area contributed by atoms with E-state index in [9.17, 15) is 14.7 Å². The van der Waals surface area contributed by atoms with Crippen LogP contribution >= 0.6 is 0 Å². The highest BCUT2D eigenvalue weighted by Crippen LogP contribution is 2.33. The predicted octanol–water partition coefficient (Wildman–Crippen LogP) is 1.01. The van der Waals surface area contributed by atoms with Gasteiger partial charge >= 0.3 is 5.97 Å². The van der Waals surface area contributed by atoms with Crippen LogP contribution in [0.3, 0.4) is 0 Å². The minimum absolute atomic E-state index is 0.261. The molecule has 6 heteroatoms. The fraction of sp³-hybridized carbons (Fsp3) is 0.462. The summed E-state index contributed by atoms with van der Waals surface area (Å²) in [7, 11) is 0. The summed E-state index contributed by atoms with van der Waals surface area (Å²) in [5, 5.41) is 9.47. The molecule has 2 rings (SSSR count). The number of piperidine rings is 1. The molecule has 19 heavy (non-hydrogen) atoms. The average molecular weight is 263 g/mol. The third-order valence-electron chi connectivity index (χ3n) is 3.66. The monoisotopic (exact) mass is 263 g/mol. The van der Waals surface area contributed by atoms with E-state index in [1.54, 1.807) is 30.2 Å². The van der Waals surface area contributed by atoms with E-state index < -0.39 is 17.4 Å². The molecule has 1 aliphatic rings. The van der Waals surface area contributed by atoms with Gasteiger partial charge in [-0.25, -0.2) is 9.78 Å². The van der Waals surface area contributed by atoms with Crippen molar-refractivity contribution in [1.29, 1.82) is 0 Å². The Morgan fingerprint density at radius 2 is 2.21 bits per heavy atom. The van der Waals surface area contributed by atoms with E-state index in [0.29, 0.717) is 18.8 Å². The lowest BCUT2D eigenvalue weighted by Crippen LogP contribution is -2.56. The van der Waals surface area contributed by atoms with Crippen LogP contribution in [-0.4, -0.2) is 34.1 Å². The second-order valence-corrected chi connectivity index (χ2v) is 4.93. The molecule has 1 saturated heterocycles. The van der Waals surface area contributed by atoms with Gasteiger partial charge < -0.3 is 15.7 Å². The number of carbonyl (C=O) groups excluding carboxylic acids is 1. The second-order valence-electron chi connectivity index (χ2n) is 4.93. The number of hydrogen-bond donors (Lipinski definition) is 2. The molecule has 102 valence electrons. The first kappa shape index (κ1) is 13.3. The number of amides is 1. The second kappa shape index (κ2) is 4.87. The van der Waals surface area contributed by atoms with Gasteiger partial charge in [-0.1, -0.05) is 0 Å². The first-order chi connectivity index (χ1) is 8.97. The summed E-state index contributed by atoms with van der Waals surface area (Å²) in [6.45, 7) is 2.22. The van der Waals surface area contributed by atoms with Crippen LogP contribution in [-0.2, 0) is 4.79 Å². The zero-order chi connectivity index (χ0) is 14.0. The number of anilines is 1. The molecule has 0 saturated carbocycles. The third-order valence-corrected chi connectivity index (χ3v) is 3.66. The van der Waals surface area contributed by atoms with Crippen molar-refractivity contribution in [2.75, 3.05) is 11.4 Å². The molecule has 1 aromatic rings. The fourth-order valence-electron chi connectivity index (χ4n) is 2.49. The summed E-state index contributed by atoms with van der Waals surface area (Å²) in [6.07, 6.45) is 3.78. The lowest BCUT2D eigenvalue weighted by Gasteiger charge is -2.42. The van der Waals surface area contributed by atoms with Gasteiger partial charge in [-0.2, -0.15) is 0 Å². The van der Waals surface area contributed by atoms with Crippen molar-refractivity contribution in [2.24, 2.45) is 5.73 Å². The highest BCUT2D eigenvalue weighted by atomic mass is 16.4. The standard InChI is InChI=1S/C13H17N3O3/c1-13(12(18)19)6-2-3-8-16(13)11-9(10(14)17)5-4-7-15-11/h4-5,7H,2-3,6,8H2,1H3,(H2,14,17)(H,18,19). The van der Waals surface area contributed by atoms with Crippen LogP contribution in [0.15, 0.2) is 18.3 Å². The van der Waals surface area contributed by atoms with E-state index in [1.807, 2.05) is 0 Å². The lowest BCUT2D eigenvalue weighted by molar-refractivity contribution is -0.143. The fourth-order valence-corrected chi connectivity index (χ4v) is 2.49. The van der Waals surface area contributed by atoms with Crippen LogP contribution in [0, 0.1) is 0 Å². The Kier molecular flexibility index (Phi) is 3.42. The first-order valence-corrected chi connectivity index (χ1v) is 6.22. The molecule has 0 aliphatic carbocycles. The van der Waals surface area contributed by atoms with E-state index in [4.69, 9.17) is 5.73 Å². The molecule has 1 amide bonds. The highest BCUT2D eigenvalue weighted by molar-refractivity contribution is 5.98. The molecular formula is C13H17N3O3. The van der Waals surface area contributed by atoms with Gasteiger partial charge in [-0.3, -0.25) is 4.79 Å². The lowest BCUT2D eigenvalue weighted by atomic mass is 9.88. The number of carboxylic acids is 1. The molecule has 1 fully saturated rings. The van der Waals surface area contributed by atoms with Crippen molar-refractivity contribution >= 4 is 17.7 Å². The smallest absolute Gasteiger partial charge is 0.329 e. The topological polar surface area (TPSA) is 96.5 Å². The van der Waals surface area contributed by atoms with E-state index in [2.05, 4.69) is 4.98 Å². The van der Waals surface area contributed by atoms with Crippen LogP contribution in [0.4, 0.5) is 5.82 Å². The maximum Gasteiger partial charge on any atom is 0.329 e. The molecule has 0 radical (unpaired) electrons. The Labute approximate surface area is 111 Å². The molecule has 1 unspecified atom stereocenters. The van der Waals surface area contributed by atoms with Crippen LogP contribution < -0.4 is 10.6 Å². The number of nitrogens with zero attached hydrogens (tertiary/aromatic N) is 2. The molecule has 0 aromatic carbocycles. The van der Waals surface area contributed by atoms with Gasteiger partial charge in [0.1, 0.15) is 11.4 Å². The minimum Gasteiger partial charge on any atom is -0.480 e. The molecule has 6 nitrogen and oxygen atoms in total. The van der Waals surface area contributed by atoms with E-state index in [1.165, 1.54) is 0 Å². The summed E-state index contributed by atoms with van der Waals surface area (Å²) < 4.78 is 0. The summed E-state index contributed by atoms with van der Waals surface area (Å²) in [6, 6.07) is 3.19. The van der Waals surface area contributed by atoms with Gasteiger partial charge in [0.25, 0.3) is 5.91 Å². The van der Waals surface area contributed by atoms with Crippen LogP contribution in [0.25, 0.3) is 0 Å². The van der Waals surface area contributed by atoms with E-state index in [0.717, 1.165) is 12.8 Å². The normalized spacial score (nSPS) is 23.1. The molecule has 3 N–H and O–H groups in total. The maximum atomic E-state index is 11.6. The molecule has 1 aliphatic heterocycles. The number of nitrogens with two attached hydrogens (primary N) is 1. The largest absolute Gasteiger partial charge is 0.480 e. The molecule has 1 atom stereocenters. The number of carboxylic acid groups (broad SMARTS) is 1. The van der Waals surface area contributed by atoms with Gasteiger partial charge in [0.2, 0.25) is 0 Å². The van der Waals surface area contributed by atoms with Gasteiger partial charge in [0.05, 0.1) is 5.56 Å². The van der Waals surface area contributed by atoms with Crippen molar-refractivity contribution < 1.29 is 14.7 Å². The van der Waals surface area contributed by atoms with Gasteiger partial charge in [0, 0.05) is 12.7 Å². The number of pyridine rings is 1. The SMILES string of the molecule is CC1(C(=O)O)CCCCN1c1ncccc1C(N)=O. The third kappa shape index (κ3) is 2.25. The van der Waals surface area contributed by atoms with Crippen LogP contribution in [0.5, 0.6) is 0 Å². The van der Waals surface area contributed by atoms with Crippen molar-refractivity contribution in [1.82, 2.24) is 4.98 Å². The zero-order valence-electron chi connectivity index (χ0n) is 10.8. The van der Waals surface area contributed by atoms with Crippen molar-refractivity contribution in [3.63, 3.8) is 0 Å².